The third-order valence-corrected chi connectivity index (χ3v) is 3.61. The van der Waals surface area contributed by atoms with Crippen LogP contribution in [0.5, 0.6) is 0 Å². The molecule has 1 aliphatic rings. The van der Waals surface area contributed by atoms with Crippen molar-refractivity contribution >= 4 is 11.6 Å². The van der Waals surface area contributed by atoms with Gasteiger partial charge in [0.15, 0.2) is 0 Å². The van der Waals surface area contributed by atoms with E-state index in [1.807, 2.05) is 24.3 Å². The summed E-state index contributed by atoms with van der Waals surface area (Å²) >= 11 is 5.85. The summed E-state index contributed by atoms with van der Waals surface area (Å²) in [6.45, 7) is 0. The van der Waals surface area contributed by atoms with Crippen LogP contribution in [-0.4, -0.2) is 0 Å². The predicted octanol–water partition coefficient (Wildman–Crippen LogP) is 3.92. The number of rotatable bonds is 3. The molecule has 15 heavy (non-hydrogen) atoms. The Labute approximate surface area is 96.6 Å². The zero-order chi connectivity index (χ0) is 10.7. The van der Waals surface area contributed by atoms with Crippen molar-refractivity contribution in [2.24, 2.45) is 11.7 Å². The highest BCUT2D eigenvalue weighted by molar-refractivity contribution is 6.30. The molecule has 2 heteroatoms. The van der Waals surface area contributed by atoms with Crippen LogP contribution in [0.25, 0.3) is 0 Å². The van der Waals surface area contributed by atoms with Gasteiger partial charge >= 0.3 is 0 Å². The molecule has 1 unspecified atom stereocenters. The van der Waals surface area contributed by atoms with Crippen LogP contribution >= 0.6 is 11.6 Å². The van der Waals surface area contributed by atoms with Crippen LogP contribution in [0.15, 0.2) is 24.3 Å². The third-order valence-electron chi connectivity index (χ3n) is 3.36. The summed E-state index contributed by atoms with van der Waals surface area (Å²) < 4.78 is 0. The molecular formula is C13H18ClN. The van der Waals surface area contributed by atoms with E-state index >= 15 is 0 Å². The standard InChI is InChI=1S/C13H18ClN/c14-12-7-5-11(6-8-12)13(15)9-10-3-1-2-4-10/h5-8,10,13H,1-4,9,15H2. The van der Waals surface area contributed by atoms with Crippen molar-refractivity contribution in [3.05, 3.63) is 34.9 Å². The largest absolute Gasteiger partial charge is 0.324 e. The molecule has 1 aliphatic carbocycles. The number of benzene rings is 1. The van der Waals surface area contributed by atoms with E-state index < -0.39 is 0 Å². The summed E-state index contributed by atoms with van der Waals surface area (Å²) in [5, 5.41) is 0.784. The van der Waals surface area contributed by atoms with Gasteiger partial charge in [-0.25, -0.2) is 0 Å². The van der Waals surface area contributed by atoms with E-state index in [1.165, 1.54) is 31.2 Å². The minimum absolute atomic E-state index is 0.186. The van der Waals surface area contributed by atoms with Crippen molar-refractivity contribution in [2.45, 2.75) is 38.1 Å². The zero-order valence-electron chi connectivity index (χ0n) is 8.95. The summed E-state index contributed by atoms with van der Waals surface area (Å²) in [5.74, 6) is 0.843. The first-order valence-corrected chi connectivity index (χ1v) is 6.14. The molecule has 1 fully saturated rings. The van der Waals surface area contributed by atoms with E-state index in [2.05, 4.69) is 0 Å². The second kappa shape index (κ2) is 5.00. The fourth-order valence-electron chi connectivity index (χ4n) is 2.45. The Morgan fingerprint density at radius 1 is 1.20 bits per heavy atom. The first kappa shape index (κ1) is 11.0. The Hall–Kier alpha value is -0.530. The highest BCUT2D eigenvalue weighted by Gasteiger charge is 2.18. The summed E-state index contributed by atoms with van der Waals surface area (Å²) in [6.07, 6.45) is 6.63. The average molecular weight is 224 g/mol. The minimum Gasteiger partial charge on any atom is -0.324 e. The molecule has 0 amide bonds. The molecule has 1 saturated carbocycles. The smallest absolute Gasteiger partial charge is 0.0406 e. The first-order valence-electron chi connectivity index (χ1n) is 5.77. The zero-order valence-corrected chi connectivity index (χ0v) is 9.71. The van der Waals surface area contributed by atoms with Crippen molar-refractivity contribution in [2.75, 3.05) is 0 Å². The Balaban J connectivity index is 1.94. The molecular weight excluding hydrogens is 206 g/mol. The topological polar surface area (TPSA) is 26.0 Å². The predicted molar refractivity (Wildman–Crippen MR) is 65.0 cm³/mol. The number of halogens is 1. The van der Waals surface area contributed by atoms with Gasteiger partial charge in [-0.1, -0.05) is 49.4 Å². The molecule has 1 atom stereocenters. The Morgan fingerprint density at radius 2 is 1.80 bits per heavy atom. The molecule has 82 valence electrons. The van der Waals surface area contributed by atoms with E-state index in [1.54, 1.807) is 0 Å². The molecule has 2 rings (SSSR count). The third kappa shape index (κ3) is 2.96. The van der Waals surface area contributed by atoms with Crippen molar-refractivity contribution < 1.29 is 0 Å². The number of nitrogens with two attached hydrogens (primary N) is 1. The first-order chi connectivity index (χ1) is 7.25. The van der Waals surface area contributed by atoms with Crippen LogP contribution in [0.4, 0.5) is 0 Å². The van der Waals surface area contributed by atoms with E-state index in [0.717, 1.165) is 17.4 Å². The second-order valence-electron chi connectivity index (χ2n) is 4.54. The quantitative estimate of drug-likeness (QED) is 0.826. The molecule has 0 heterocycles. The van der Waals surface area contributed by atoms with Gasteiger partial charge in [0.05, 0.1) is 0 Å². The fourth-order valence-corrected chi connectivity index (χ4v) is 2.58. The highest BCUT2D eigenvalue weighted by Crippen LogP contribution is 2.32. The van der Waals surface area contributed by atoms with Crippen LogP contribution in [-0.2, 0) is 0 Å². The lowest BCUT2D eigenvalue weighted by Crippen LogP contribution is -2.13. The molecule has 0 saturated heterocycles. The van der Waals surface area contributed by atoms with Crippen molar-refractivity contribution in [1.82, 2.24) is 0 Å². The molecule has 0 aromatic heterocycles. The number of hydrogen-bond acceptors (Lipinski definition) is 1. The summed E-state index contributed by atoms with van der Waals surface area (Å²) in [7, 11) is 0. The van der Waals surface area contributed by atoms with Gasteiger partial charge in [0.2, 0.25) is 0 Å². The lowest BCUT2D eigenvalue weighted by Gasteiger charge is -2.16. The van der Waals surface area contributed by atoms with E-state index in [-0.39, 0.29) is 6.04 Å². The molecule has 2 N–H and O–H groups in total. The van der Waals surface area contributed by atoms with Gasteiger partial charge in [-0.05, 0) is 30.0 Å². The molecule has 1 aromatic carbocycles. The van der Waals surface area contributed by atoms with Gasteiger partial charge in [-0.3, -0.25) is 0 Å². The van der Waals surface area contributed by atoms with Gasteiger partial charge in [0, 0.05) is 11.1 Å². The maximum Gasteiger partial charge on any atom is 0.0406 e. The van der Waals surface area contributed by atoms with Crippen LogP contribution < -0.4 is 5.73 Å². The fraction of sp³-hybridized carbons (Fsp3) is 0.538. The summed E-state index contributed by atoms with van der Waals surface area (Å²) in [4.78, 5) is 0. The van der Waals surface area contributed by atoms with Gasteiger partial charge < -0.3 is 5.73 Å². The second-order valence-corrected chi connectivity index (χ2v) is 4.98. The molecule has 0 spiro atoms. The highest BCUT2D eigenvalue weighted by atomic mass is 35.5. The normalized spacial score (nSPS) is 19.3. The molecule has 1 aromatic rings. The van der Waals surface area contributed by atoms with Gasteiger partial charge in [0.1, 0.15) is 0 Å². The Morgan fingerprint density at radius 3 is 2.40 bits per heavy atom. The van der Waals surface area contributed by atoms with E-state index in [9.17, 15) is 0 Å². The molecule has 1 nitrogen and oxygen atoms in total. The molecule has 0 bridgehead atoms. The van der Waals surface area contributed by atoms with Crippen LogP contribution in [0, 0.1) is 5.92 Å². The lowest BCUT2D eigenvalue weighted by molar-refractivity contribution is 0.451. The van der Waals surface area contributed by atoms with Crippen LogP contribution in [0.3, 0.4) is 0 Å². The molecule has 0 aliphatic heterocycles. The maximum atomic E-state index is 6.18. The minimum atomic E-state index is 0.186. The average Bonchev–Trinajstić information content (AvgIpc) is 2.71. The summed E-state index contributed by atoms with van der Waals surface area (Å²) in [6, 6.07) is 8.12. The maximum absolute atomic E-state index is 6.18. The SMILES string of the molecule is NC(CC1CCCC1)c1ccc(Cl)cc1. The van der Waals surface area contributed by atoms with Crippen molar-refractivity contribution in [3.8, 4) is 0 Å². The van der Waals surface area contributed by atoms with Crippen molar-refractivity contribution in [1.29, 1.82) is 0 Å². The monoisotopic (exact) mass is 223 g/mol. The van der Waals surface area contributed by atoms with Gasteiger partial charge in [-0.15, -0.1) is 0 Å². The summed E-state index contributed by atoms with van der Waals surface area (Å²) in [5.41, 5.74) is 7.40. The van der Waals surface area contributed by atoms with Crippen LogP contribution in [0.1, 0.15) is 43.7 Å². The van der Waals surface area contributed by atoms with E-state index in [4.69, 9.17) is 17.3 Å². The van der Waals surface area contributed by atoms with Crippen molar-refractivity contribution in [3.63, 3.8) is 0 Å². The van der Waals surface area contributed by atoms with Crippen LogP contribution in [0.2, 0.25) is 5.02 Å². The lowest BCUT2D eigenvalue weighted by atomic mass is 9.94. The Kier molecular flexibility index (Phi) is 3.66. The van der Waals surface area contributed by atoms with E-state index in [0.29, 0.717) is 0 Å². The Bertz CT molecular complexity index is 301. The molecule has 0 radical (unpaired) electrons. The van der Waals surface area contributed by atoms with Gasteiger partial charge in [-0.2, -0.15) is 0 Å². The van der Waals surface area contributed by atoms with Gasteiger partial charge in [0.25, 0.3) is 0 Å². The number of hydrogen-bond donors (Lipinski definition) is 1.